The van der Waals surface area contributed by atoms with E-state index in [9.17, 15) is 9.59 Å². The van der Waals surface area contributed by atoms with Gasteiger partial charge < -0.3 is 15.0 Å². The molecule has 2 aromatic carbocycles. The number of benzene rings is 2. The fourth-order valence-corrected chi connectivity index (χ4v) is 3.83. The monoisotopic (exact) mass is 432 g/mol. The maximum atomic E-state index is 12.9. The van der Waals surface area contributed by atoms with Crippen LogP contribution in [0.15, 0.2) is 42.5 Å². The molecule has 2 aliphatic rings. The average molecular weight is 433 g/mol. The highest BCUT2D eigenvalue weighted by molar-refractivity contribution is 6.31. The number of rotatable bonds is 5. The van der Waals surface area contributed by atoms with Gasteiger partial charge in [-0.3, -0.25) is 9.59 Å². The largest absolute Gasteiger partial charge is 0.455 e. The van der Waals surface area contributed by atoms with Crippen LogP contribution in [0.2, 0.25) is 10.0 Å². The molecule has 1 heterocycles. The van der Waals surface area contributed by atoms with E-state index in [1.54, 1.807) is 42.5 Å². The van der Waals surface area contributed by atoms with Gasteiger partial charge in [-0.1, -0.05) is 23.2 Å². The number of nitrogens with zero attached hydrogens (tertiary/aromatic N) is 1. The molecular weight excluding hydrogens is 411 g/mol. The van der Waals surface area contributed by atoms with Crippen LogP contribution in [0, 0.1) is 11.8 Å². The number of piperidine rings is 1. The van der Waals surface area contributed by atoms with Crippen molar-refractivity contribution in [3.8, 4) is 11.5 Å². The summed E-state index contributed by atoms with van der Waals surface area (Å²) in [4.78, 5) is 27.1. The van der Waals surface area contributed by atoms with Gasteiger partial charge in [0, 0.05) is 29.1 Å². The number of nitrogens with one attached hydrogen (secondary N) is 1. The first-order chi connectivity index (χ1) is 14.0. The number of likely N-dealkylation sites (tertiary alicyclic amines) is 1. The average Bonchev–Trinajstić information content (AvgIpc) is 3.56. The normalized spacial score (nSPS) is 19.0. The zero-order chi connectivity index (χ0) is 20.4. The van der Waals surface area contributed by atoms with Crippen LogP contribution in [-0.4, -0.2) is 29.8 Å². The highest BCUT2D eigenvalue weighted by Gasteiger charge is 2.36. The third kappa shape index (κ3) is 5.03. The highest BCUT2D eigenvalue weighted by atomic mass is 35.5. The van der Waals surface area contributed by atoms with Gasteiger partial charge in [0.15, 0.2) is 5.75 Å². The molecule has 0 aromatic heterocycles. The summed E-state index contributed by atoms with van der Waals surface area (Å²) >= 11 is 12.1. The summed E-state index contributed by atoms with van der Waals surface area (Å²) in [6.45, 7) is 1.20. The first-order valence-corrected chi connectivity index (χ1v) is 10.6. The summed E-state index contributed by atoms with van der Waals surface area (Å²) in [5.41, 5.74) is 0.503. The molecule has 1 aliphatic carbocycles. The predicted molar refractivity (Wildman–Crippen MR) is 114 cm³/mol. The molecule has 152 valence electrons. The second kappa shape index (κ2) is 8.64. The van der Waals surface area contributed by atoms with Gasteiger partial charge in [0.2, 0.25) is 11.8 Å². The molecular formula is C22H22Cl2N2O3. The topological polar surface area (TPSA) is 58.6 Å². The van der Waals surface area contributed by atoms with Gasteiger partial charge in [0.05, 0.1) is 11.6 Å². The minimum absolute atomic E-state index is 0.124. The van der Waals surface area contributed by atoms with Crippen LogP contribution in [-0.2, 0) is 9.59 Å². The van der Waals surface area contributed by atoms with Crippen LogP contribution in [0.5, 0.6) is 11.5 Å². The molecule has 2 amide bonds. The number of carbonyl (C=O) groups is 2. The van der Waals surface area contributed by atoms with Crippen molar-refractivity contribution in [1.82, 2.24) is 4.90 Å². The van der Waals surface area contributed by atoms with Crippen LogP contribution in [0.3, 0.4) is 0 Å². The van der Waals surface area contributed by atoms with Gasteiger partial charge in [0.1, 0.15) is 5.75 Å². The fourth-order valence-electron chi connectivity index (χ4n) is 3.53. The van der Waals surface area contributed by atoms with Gasteiger partial charge in [-0.25, -0.2) is 0 Å². The van der Waals surface area contributed by atoms with Crippen molar-refractivity contribution in [3.05, 3.63) is 52.5 Å². The zero-order valence-corrected chi connectivity index (χ0v) is 17.4. The Balaban J connectivity index is 1.46. The Morgan fingerprint density at radius 3 is 2.41 bits per heavy atom. The van der Waals surface area contributed by atoms with Crippen LogP contribution >= 0.6 is 23.2 Å². The fraction of sp³-hybridized carbons (Fsp3) is 0.364. The number of hydrogen-bond acceptors (Lipinski definition) is 3. The molecule has 1 saturated heterocycles. The van der Waals surface area contributed by atoms with E-state index in [4.69, 9.17) is 27.9 Å². The Bertz CT molecular complexity index is 913. The van der Waals surface area contributed by atoms with E-state index in [1.165, 1.54) is 0 Å². The maximum Gasteiger partial charge on any atom is 0.229 e. The lowest BCUT2D eigenvalue weighted by Gasteiger charge is -2.32. The highest BCUT2D eigenvalue weighted by Crippen LogP contribution is 2.35. The Morgan fingerprint density at radius 2 is 1.69 bits per heavy atom. The third-order valence-electron chi connectivity index (χ3n) is 5.27. The lowest BCUT2D eigenvalue weighted by atomic mass is 9.96. The Labute approximate surface area is 179 Å². The summed E-state index contributed by atoms with van der Waals surface area (Å²) < 4.78 is 5.91. The molecule has 1 atom stereocenters. The predicted octanol–water partition coefficient (Wildman–Crippen LogP) is 5.37. The van der Waals surface area contributed by atoms with E-state index in [2.05, 4.69) is 5.32 Å². The second-order valence-electron chi connectivity index (χ2n) is 7.58. The minimum Gasteiger partial charge on any atom is -0.455 e. The molecule has 2 aromatic rings. The molecule has 1 N–H and O–H groups in total. The molecule has 2 fully saturated rings. The summed E-state index contributed by atoms with van der Waals surface area (Å²) in [6, 6.07) is 12.1. The van der Waals surface area contributed by atoms with E-state index in [0.29, 0.717) is 33.8 Å². The number of ether oxygens (including phenoxy) is 1. The van der Waals surface area contributed by atoms with Gasteiger partial charge >= 0.3 is 0 Å². The summed E-state index contributed by atoms with van der Waals surface area (Å²) in [6.07, 6.45) is 3.54. The molecule has 4 rings (SSSR count). The molecule has 1 unspecified atom stereocenters. The van der Waals surface area contributed by atoms with E-state index in [0.717, 1.165) is 32.2 Å². The molecule has 1 saturated carbocycles. The van der Waals surface area contributed by atoms with Gasteiger partial charge in [-0.15, -0.1) is 0 Å². The van der Waals surface area contributed by atoms with Crippen molar-refractivity contribution in [1.29, 1.82) is 0 Å². The second-order valence-corrected chi connectivity index (χ2v) is 8.46. The Morgan fingerprint density at radius 1 is 0.966 bits per heavy atom. The van der Waals surface area contributed by atoms with Crippen molar-refractivity contribution >= 4 is 40.7 Å². The van der Waals surface area contributed by atoms with Crippen molar-refractivity contribution < 1.29 is 14.3 Å². The quantitative estimate of drug-likeness (QED) is 0.690. The van der Waals surface area contributed by atoms with E-state index in [1.807, 2.05) is 4.90 Å². The van der Waals surface area contributed by atoms with Gasteiger partial charge in [0.25, 0.3) is 0 Å². The van der Waals surface area contributed by atoms with E-state index >= 15 is 0 Å². The lowest BCUT2D eigenvalue weighted by Crippen LogP contribution is -2.44. The smallest absolute Gasteiger partial charge is 0.229 e. The van der Waals surface area contributed by atoms with Gasteiger partial charge in [-0.05, 0) is 68.1 Å². The van der Waals surface area contributed by atoms with Crippen molar-refractivity contribution in [3.63, 3.8) is 0 Å². The van der Waals surface area contributed by atoms with Crippen LogP contribution in [0.4, 0.5) is 5.69 Å². The number of carbonyl (C=O) groups excluding carboxylic acids is 2. The molecule has 7 heteroatoms. The van der Waals surface area contributed by atoms with Gasteiger partial charge in [-0.2, -0.15) is 0 Å². The Hall–Kier alpha value is -2.24. The van der Waals surface area contributed by atoms with Crippen LogP contribution in [0.1, 0.15) is 25.7 Å². The van der Waals surface area contributed by atoms with Crippen LogP contribution in [0.25, 0.3) is 0 Å². The number of halogens is 2. The molecule has 5 nitrogen and oxygen atoms in total. The number of anilines is 1. The molecule has 1 aliphatic heterocycles. The summed E-state index contributed by atoms with van der Waals surface area (Å²) in [5.74, 6) is 1.09. The van der Waals surface area contributed by atoms with E-state index in [-0.39, 0.29) is 23.7 Å². The molecule has 0 bridgehead atoms. The van der Waals surface area contributed by atoms with Crippen molar-refractivity contribution in [2.45, 2.75) is 25.7 Å². The zero-order valence-electron chi connectivity index (χ0n) is 15.9. The Kier molecular flexibility index (Phi) is 5.97. The van der Waals surface area contributed by atoms with E-state index < -0.39 is 0 Å². The molecule has 0 radical (unpaired) electrons. The first kappa shape index (κ1) is 20.0. The first-order valence-electron chi connectivity index (χ1n) is 9.82. The summed E-state index contributed by atoms with van der Waals surface area (Å²) in [7, 11) is 0. The number of hydrogen-bond donors (Lipinski definition) is 1. The van der Waals surface area contributed by atoms with Crippen molar-refractivity contribution in [2.24, 2.45) is 11.8 Å². The SMILES string of the molecule is O=C(Nc1cc(Cl)ccc1Oc1ccc(Cl)cc1)C1CCCN(C(=O)C2CC2)C1. The summed E-state index contributed by atoms with van der Waals surface area (Å²) in [5, 5.41) is 4.06. The minimum atomic E-state index is -0.242. The van der Waals surface area contributed by atoms with Crippen LogP contribution < -0.4 is 10.1 Å². The number of amides is 2. The standard InChI is InChI=1S/C22H22Cl2N2O3/c23-16-5-8-18(9-6-16)29-20-10-7-17(24)12-19(20)25-21(27)15-2-1-11-26(13-15)22(28)14-3-4-14/h5-10,12,14-15H,1-4,11,13H2,(H,25,27). The lowest BCUT2D eigenvalue weighted by molar-refractivity contribution is -0.135. The molecule has 0 spiro atoms. The van der Waals surface area contributed by atoms with Crippen molar-refractivity contribution in [2.75, 3.05) is 18.4 Å². The maximum absolute atomic E-state index is 12.9. The molecule has 29 heavy (non-hydrogen) atoms. The third-order valence-corrected chi connectivity index (χ3v) is 5.76.